The van der Waals surface area contributed by atoms with Crippen molar-refractivity contribution in [2.45, 2.75) is 0 Å². The van der Waals surface area contributed by atoms with Gasteiger partial charge >= 0.3 is 0 Å². The fraction of sp³-hybridized carbons (Fsp3) is 1.00. The summed E-state index contributed by atoms with van der Waals surface area (Å²) in [6.07, 6.45) is 0. The molecule has 0 atom stereocenters. The van der Waals surface area contributed by atoms with Gasteiger partial charge in [0.2, 0.25) is 0 Å². The predicted molar refractivity (Wildman–Crippen MR) is 35.0 cm³/mol. The molecular weight excluding hydrogens is 352 g/mol. The third kappa shape index (κ3) is 26.7. The van der Waals surface area contributed by atoms with Crippen molar-refractivity contribution >= 4 is 12.6 Å². The van der Waals surface area contributed by atoms with Crippen LogP contribution in [0.15, 0.2) is 0 Å². The molecule has 0 heterocycles. The SMILES string of the molecule is CNCCS.O.O.[U]. The Kier molecular flexibility index (Phi) is 68.3. The molecule has 0 rings (SSSR count). The summed E-state index contributed by atoms with van der Waals surface area (Å²) in [7, 11) is 1.91. The second-order valence-corrected chi connectivity index (χ2v) is 1.27. The van der Waals surface area contributed by atoms with Gasteiger partial charge in [0.25, 0.3) is 0 Å². The minimum Gasteiger partial charge on any atom is -0.412 e. The summed E-state index contributed by atoms with van der Waals surface area (Å²) < 4.78 is 0. The van der Waals surface area contributed by atoms with E-state index < -0.39 is 0 Å². The van der Waals surface area contributed by atoms with E-state index in [9.17, 15) is 0 Å². The fourth-order valence-electron chi connectivity index (χ4n) is 0.112. The molecule has 0 fully saturated rings. The van der Waals surface area contributed by atoms with Gasteiger partial charge in [-0.1, -0.05) is 0 Å². The van der Waals surface area contributed by atoms with Crippen LogP contribution < -0.4 is 5.32 Å². The number of hydrogen-bond acceptors (Lipinski definition) is 2. The zero-order chi connectivity index (χ0) is 4.12. The van der Waals surface area contributed by atoms with Crippen LogP contribution in [0.3, 0.4) is 0 Å². The third-order valence-corrected chi connectivity index (χ3v) is 0.585. The van der Waals surface area contributed by atoms with Crippen molar-refractivity contribution in [2.24, 2.45) is 0 Å². The van der Waals surface area contributed by atoms with E-state index in [1.165, 1.54) is 0 Å². The Bertz CT molecular complexity index is 24.8. The van der Waals surface area contributed by atoms with E-state index >= 15 is 0 Å². The van der Waals surface area contributed by atoms with E-state index in [2.05, 4.69) is 17.9 Å². The maximum Gasteiger partial charge on any atom is 0.00367 e. The van der Waals surface area contributed by atoms with Crippen molar-refractivity contribution in [1.29, 1.82) is 0 Å². The topological polar surface area (TPSA) is 75.0 Å². The Morgan fingerprint density at radius 3 is 1.75 bits per heavy atom. The first-order valence-electron chi connectivity index (χ1n) is 1.67. The van der Waals surface area contributed by atoms with Crippen molar-refractivity contribution in [1.82, 2.24) is 5.32 Å². The Balaban J connectivity index is -0.0000000267. The van der Waals surface area contributed by atoms with Gasteiger partial charge in [-0.2, -0.15) is 12.6 Å². The maximum absolute atomic E-state index is 3.94. The first-order chi connectivity index (χ1) is 2.41. The number of nitrogens with one attached hydrogen (secondary N) is 1. The molecule has 5 heteroatoms. The van der Waals surface area contributed by atoms with Crippen LogP contribution in [0.2, 0.25) is 0 Å². The van der Waals surface area contributed by atoms with Gasteiger partial charge in [0, 0.05) is 43.4 Å². The minimum atomic E-state index is 0. The average Bonchev–Trinajstić information content (AvgIpc) is 1.41. The Labute approximate surface area is 79.0 Å². The van der Waals surface area contributed by atoms with Gasteiger partial charge in [0.1, 0.15) is 0 Å². The van der Waals surface area contributed by atoms with Crippen LogP contribution in [0, 0.1) is 31.1 Å². The van der Waals surface area contributed by atoms with Crippen LogP contribution in [-0.4, -0.2) is 30.3 Å². The zero-order valence-corrected chi connectivity index (χ0v) is 9.92. The van der Waals surface area contributed by atoms with Crippen LogP contribution >= 0.6 is 12.6 Å². The van der Waals surface area contributed by atoms with E-state index in [-0.39, 0.29) is 42.1 Å². The predicted octanol–water partition coefficient (Wildman–Crippen LogP) is -1.51. The minimum absolute atomic E-state index is 0. The first kappa shape index (κ1) is 22.8. The molecule has 8 heavy (non-hydrogen) atoms. The van der Waals surface area contributed by atoms with Crippen molar-refractivity contribution < 1.29 is 42.1 Å². The molecule has 0 bridgehead atoms. The molecule has 0 radical (unpaired) electrons. The van der Waals surface area contributed by atoms with Gasteiger partial charge in [0.15, 0.2) is 0 Å². The van der Waals surface area contributed by atoms with Gasteiger partial charge in [-0.15, -0.1) is 0 Å². The van der Waals surface area contributed by atoms with Gasteiger partial charge in [-0.3, -0.25) is 0 Å². The van der Waals surface area contributed by atoms with Gasteiger partial charge in [-0.05, 0) is 7.05 Å². The van der Waals surface area contributed by atoms with E-state index in [0.29, 0.717) is 0 Å². The summed E-state index contributed by atoms with van der Waals surface area (Å²) in [6.45, 7) is 1.00. The fourth-order valence-corrected chi connectivity index (χ4v) is 0.335. The van der Waals surface area contributed by atoms with Crippen LogP contribution in [0.25, 0.3) is 0 Å². The van der Waals surface area contributed by atoms with Crippen molar-refractivity contribution in [3.63, 3.8) is 0 Å². The molecule has 0 aromatic carbocycles. The summed E-state index contributed by atoms with van der Waals surface area (Å²) in [6, 6.07) is 0. The molecule has 0 saturated carbocycles. The maximum atomic E-state index is 3.94. The average molecular weight is 365 g/mol. The van der Waals surface area contributed by atoms with Gasteiger partial charge < -0.3 is 16.3 Å². The van der Waals surface area contributed by atoms with E-state index in [1.54, 1.807) is 0 Å². The third-order valence-electron chi connectivity index (χ3n) is 0.362. The molecule has 52 valence electrons. The molecule has 0 spiro atoms. The van der Waals surface area contributed by atoms with Crippen LogP contribution in [-0.2, 0) is 0 Å². The largest absolute Gasteiger partial charge is 0.412 e. The summed E-state index contributed by atoms with van der Waals surface area (Å²) in [4.78, 5) is 0. The zero-order valence-electron chi connectivity index (χ0n) is 4.86. The van der Waals surface area contributed by atoms with Crippen molar-refractivity contribution in [3.05, 3.63) is 0 Å². The number of rotatable bonds is 2. The summed E-state index contributed by atoms with van der Waals surface area (Å²) in [5.74, 6) is 0.927. The normalized spacial score (nSPS) is 5.25. The standard InChI is InChI=1S/C3H9NS.2H2O.U/c1-4-2-3-5;;;/h4-5H,2-3H2,1H3;2*1H2;. The van der Waals surface area contributed by atoms with Gasteiger partial charge in [0.05, 0.1) is 0 Å². The van der Waals surface area contributed by atoms with E-state index in [1.807, 2.05) is 7.05 Å². The molecule has 5 N–H and O–H groups in total. The molecule has 0 amide bonds. The molecule has 3 nitrogen and oxygen atoms in total. The van der Waals surface area contributed by atoms with Gasteiger partial charge in [-0.25, -0.2) is 0 Å². The molecule has 0 aromatic heterocycles. The van der Waals surface area contributed by atoms with Crippen molar-refractivity contribution in [2.75, 3.05) is 19.3 Å². The molecular formula is C3H13NO2SU. The van der Waals surface area contributed by atoms with Crippen molar-refractivity contribution in [3.8, 4) is 0 Å². The smallest absolute Gasteiger partial charge is 0.00367 e. The quantitative estimate of drug-likeness (QED) is 0.574. The molecule has 0 saturated heterocycles. The summed E-state index contributed by atoms with van der Waals surface area (Å²) in [5, 5.41) is 2.94. The number of hydrogen-bond donors (Lipinski definition) is 2. The van der Waals surface area contributed by atoms with E-state index in [4.69, 9.17) is 0 Å². The Hall–Kier alpha value is 1.28. The number of thiol groups is 1. The van der Waals surface area contributed by atoms with E-state index in [0.717, 1.165) is 12.3 Å². The van der Waals surface area contributed by atoms with Crippen LogP contribution in [0.4, 0.5) is 0 Å². The molecule has 0 aromatic rings. The molecule has 0 aliphatic heterocycles. The second-order valence-electron chi connectivity index (χ2n) is 0.827. The summed E-state index contributed by atoms with van der Waals surface area (Å²) in [5.41, 5.74) is 0. The molecule has 0 unspecified atom stereocenters. The first-order valence-corrected chi connectivity index (χ1v) is 2.30. The Morgan fingerprint density at radius 1 is 1.38 bits per heavy atom. The van der Waals surface area contributed by atoms with Crippen LogP contribution in [0.5, 0.6) is 0 Å². The molecule has 0 aliphatic carbocycles. The summed E-state index contributed by atoms with van der Waals surface area (Å²) >= 11 is 3.94. The Morgan fingerprint density at radius 2 is 1.75 bits per heavy atom. The van der Waals surface area contributed by atoms with Crippen LogP contribution in [0.1, 0.15) is 0 Å². The molecule has 0 aliphatic rings. The second kappa shape index (κ2) is 24.0. The monoisotopic (exact) mass is 365 g/mol.